The Balaban J connectivity index is 1.57. The van der Waals surface area contributed by atoms with Crippen molar-refractivity contribution in [1.82, 2.24) is 9.55 Å². The number of pyridine rings is 1. The minimum absolute atomic E-state index is 0.0850. The van der Waals surface area contributed by atoms with Gasteiger partial charge in [0.15, 0.2) is 0 Å². The lowest BCUT2D eigenvalue weighted by molar-refractivity contribution is -0.117. The number of hydrogen-bond donors (Lipinski definition) is 1. The van der Waals surface area contributed by atoms with Crippen LogP contribution in [-0.4, -0.2) is 21.7 Å². The number of fused-ring (bicyclic) bond motifs is 2. The SMILES string of the molecule is Cc1c(-c2cc3cc(NC(=O)C4CC4)ncc3n2C)ccc2c1C=NC2. The Morgan fingerprint density at radius 2 is 2.12 bits per heavy atom. The molecule has 3 heterocycles. The highest BCUT2D eigenvalue weighted by Crippen LogP contribution is 2.34. The van der Waals surface area contributed by atoms with Crippen LogP contribution < -0.4 is 5.32 Å². The van der Waals surface area contributed by atoms with Crippen molar-refractivity contribution in [3.05, 3.63) is 47.2 Å². The molecule has 0 spiro atoms. The Bertz CT molecular complexity index is 1090. The molecule has 0 saturated heterocycles. The molecular weight excluding hydrogens is 324 g/mol. The van der Waals surface area contributed by atoms with Gasteiger partial charge in [0.05, 0.1) is 18.3 Å². The first-order valence-corrected chi connectivity index (χ1v) is 9.01. The van der Waals surface area contributed by atoms with Crippen molar-refractivity contribution in [2.45, 2.75) is 26.3 Å². The van der Waals surface area contributed by atoms with Crippen molar-refractivity contribution in [2.75, 3.05) is 5.32 Å². The zero-order valence-electron chi connectivity index (χ0n) is 14.9. The number of amides is 1. The maximum absolute atomic E-state index is 12.0. The highest BCUT2D eigenvalue weighted by Gasteiger charge is 2.29. The van der Waals surface area contributed by atoms with Gasteiger partial charge in [0, 0.05) is 41.4 Å². The second kappa shape index (κ2) is 5.53. The maximum atomic E-state index is 12.0. The third-order valence-corrected chi connectivity index (χ3v) is 5.49. The van der Waals surface area contributed by atoms with Crippen molar-refractivity contribution in [3.63, 3.8) is 0 Å². The van der Waals surface area contributed by atoms with E-state index in [2.05, 4.69) is 52.0 Å². The minimum atomic E-state index is 0.0850. The lowest BCUT2D eigenvalue weighted by atomic mass is 9.97. The van der Waals surface area contributed by atoms with Crippen LogP contribution in [0.1, 0.15) is 29.5 Å². The van der Waals surface area contributed by atoms with Gasteiger partial charge in [-0.25, -0.2) is 4.98 Å². The highest BCUT2D eigenvalue weighted by atomic mass is 16.2. The molecule has 2 aliphatic rings. The van der Waals surface area contributed by atoms with Crippen LogP contribution in [0, 0.1) is 12.8 Å². The van der Waals surface area contributed by atoms with Gasteiger partial charge < -0.3 is 9.88 Å². The van der Waals surface area contributed by atoms with Crippen molar-refractivity contribution in [2.24, 2.45) is 18.0 Å². The molecule has 1 fully saturated rings. The molecule has 1 aliphatic carbocycles. The first-order chi connectivity index (χ1) is 12.6. The van der Waals surface area contributed by atoms with Crippen LogP contribution in [-0.2, 0) is 18.4 Å². The molecule has 2 aromatic heterocycles. The summed E-state index contributed by atoms with van der Waals surface area (Å²) in [7, 11) is 2.06. The molecule has 1 amide bonds. The third-order valence-electron chi connectivity index (χ3n) is 5.49. The van der Waals surface area contributed by atoms with Crippen LogP contribution >= 0.6 is 0 Å². The van der Waals surface area contributed by atoms with Crippen LogP contribution in [0.15, 0.2) is 35.5 Å². The van der Waals surface area contributed by atoms with E-state index in [1.807, 2.05) is 18.5 Å². The second-order valence-electron chi connectivity index (χ2n) is 7.26. The lowest BCUT2D eigenvalue weighted by Gasteiger charge is -2.11. The predicted molar refractivity (Wildman–Crippen MR) is 104 cm³/mol. The van der Waals surface area contributed by atoms with Gasteiger partial charge in [-0.2, -0.15) is 0 Å². The quantitative estimate of drug-likeness (QED) is 0.785. The lowest BCUT2D eigenvalue weighted by Crippen LogP contribution is -2.14. The number of hydrogen-bond acceptors (Lipinski definition) is 3. The van der Waals surface area contributed by atoms with Gasteiger partial charge in [-0.05, 0) is 43.0 Å². The highest BCUT2D eigenvalue weighted by molar-refractivity contribution is 5.96. The molecule has 1 N–H and O–H groups in total. The summed E-state index contributed by atoms with van der Waals surface area (Å²) in [5.74, 6) is 0.890. The smallest absolute Gasteiger partial charge is 0.228 e. The zero-order valence-corrected chi connectivity index (χ0v) is 14.9. The van der Waals surface area contributed by atoms with Crippen molar-refractivity contribution >= 4 is 28.8 Å². The van der Waals surface area contributed by atoms with E-state index in [0.29, 0.717) is 5.82 Å². The summed E-state index contributed by atoms with van der Waals surface area (Å²) in [6.45, 7) is 2.93. The summed E-state index contributed by atoms with van der Waals surface area (Å²) in [6.07, 6.45) is 5.80. The molecule has 1 aliphatic heterocycles. The number of nitrogens with one attached hydrogen (secondary N) is 1. The molecule has 0 radical (unpaired) electrons. The van der Waals surface area contributed by atoms with Gasteiger partial charge in [0.2, 0.25) is 5.91 Å². The first-order valence-electron chi connectivity index (χ1n) is 9.01. The molecule has 26 heavy (non-hydrogen) atoms. The number of aliphatic imine (C=N–C) groups is 1. The van der Waals surface area contributed by atoms with Crippen LogP contribution in [0.5, 0.6) is 0 Å². The summed E-state index contributed by atoms with van der Waals surface area (Å²) >= 11 is 0. The molecular formula is C21H20N4O. The minimum Gasteiger partial charge on any atom is -0.342 e. The molecule has 1 aromatic carbocycles. The Labute approximate surface area is 151 Å². The Morgan fingerprint density at radius 3 is 2.92 bits per heavy atom. The number of rotatable bonds is 3. The van der Waals surface area contributed by atoms with Gasteiger partial charge in [0.25, 0.3) is 0 Å². The fraction of sp³-hybridized carbons (Fsp3) is 0.286. The normalized spacial score (nSPS) is 15.5. The second-order valence-corrected chi connectivity index (χ2v) is 7.26. The number of carbonyl (C=O) groups excluding carboxylic acids is 1. The van der Waals surface area contributed by atoms with E-state index in [-0.39, 0.29) is 11.8 Å². The fourth-order valence-electron chi connectivity index (χ4n) is 3.75. The molecule has 5 rings (SSSR count). The topological polar surface area (TPSA) is 59.3 Å². The third kappa shape index (κ3) is 2.35. The van der Waals surface area contributed by atoms with Crippen LogP contribution in [0.4, 0.5) is 5.82 Å². The molecule has 3 aromatic rings. The van der Waals surface area contributed by atoms with Crippen molar-refractivity contribution in [3.8, 4) is 11.3 Å². The van der Waals surface area contributed by atoms with E-state index >= 15 is 0 Å². The molecule has 0 atom stereocenters. The monoisotopic (exact) mass is 344 g/mol. The van der Waals surface area contributed by atoms with Crippen molar-refractivity contribution in [1.29, 1.82) is 0 Å². The van der Waals surface area contributed by atoms with Gasteiger partial charge in [0.1, 0.15) is 5.82 Å². The predicted octanol–water partition coefficient (Wildman–Crippen LogP) is 3.83. The average Bonchev–Trinajstić information content (AvgIpc) is 3.29. The first kappa shape index (κ1) is 15.3. The van der Waals surface area contributed by atoms with Gasteiger partial charge in [-0.3, -0.25) is 9.79 Å². The Kier molecular flexibility index (Phi) is 3.26. The number of benzene rings is 1. The average molecular weight is 344 g/mol. The van der Waals surface area contributed by atoms with Crippen molar-refractivity contribution < 1.29 is 4.79 Å². The molecule has 0 unspecified atom stereocenters. The van der Waals surface area contributed by atoms with Gasteiger partial charge in [-0.1, -0.05) is 12.1 Å². The molecule has 5 heteroatoms. The Hall–Kier alpha value is -2.95. The van der Waals surface area contributed by atoms with E-state index in [4.69, 9.17) is 0 Å². The zero-order chi connectivity index (χ0) is 17.8. The van der Waals surface area contributed by atoms with Crippen LogP contribution in [0.25, 0.3) is 22.2 Å². The molecule has 130 valence electrons. The van der Waals surface area contributed by atoms with E-state index < -0.39 is 0 Å². The standard InChI is InChI=1S/C21H20N4O/c1-12-16(6-5-14-9-22-10-17(12)14)18-7-15-8-20(23-11-19(15)25(18)2)24-21(26)13-3-4-13/h5-8,10-11,13H,3-4,9H2,1-2H3,(H,23,24,26). The van der Waals surface area contributed by atoms with Crippen LogP contribution in [0.3, 0.4) is 0 Å². The summed E-state index contributed by atoms with van der Waals surface area (Å²) in [4.78, 5) is 20.8. The fourth-order valence-corrected chi connectivity index (χ4v) is 3.75. The summed E-state index contributed by atoms with van der Waals surface area (Å²) in [5, 5.41) is 4.01. The largest absolute Gasteiger partial charge is 0.342 e. The molecule has 5 nitrogen and oxygen atoms in total. The Morgan fingerprint density at radius 1 is 1.27 bits per heavy atom. The number of aromatic nitrogens is 2. The number of carbonyl (C=O) groups is 1. The van der Waals surface area contributed by atoms with E-state index in [1.165, 1.54) is 22.3 Å². The number of nitrogens with zero attached hydrogens (tertiary/aromatic N) is 3. The maximum Gasteiger partial charge on any atom is 0.228 e. The van der Waals surface area contributed by atoms with Gasteiger partial charge >= 0.3 is 0 Å². The molecule has 0 bridgehead atoms. The summed E-state index contributed by atoms with van der Waals surface area (Å²) < 4.78 is 2.16. The number of aryl methyl sites for hydroxylation is 1. The summed E-state index contributed by atoms with van der Waals surface area (Å²) in [6, 6.07) is 8.48. The molecule has 1 saturated carbocycles. The van der Waals surface area contributed by atoms with E-state index in [0.717, 1.165) is 36.0 Å². The summed E-state index contributed by atoms with van der Waals surface area (Å²) in [5.41, 5.74) is 7.19. The van der Waals surface area contributed by atoms with Crippen LogP contribution in [0.2, 0.25) is 0 Å². The van der Waals surface area contributed by atoms with E-state index in [9.17, 15) is 4.79 Å². The number of anilines is 1. The van der Waals surface area contributed by atoms with Gasteiger partial charge in [-0.15, -0.1) is 0 Å². The van der Waals surface area contributed by atoms with E-state index in [1.54, 1.807) is 0 Å².